The number of nitrogens with zero attached hydrogens (tertiary/aromatic N) is 2. The van der Waals surface area contributed by atoms with E-state index in [2.05, 4.69) is 17.0 Å². The molecule has 5 heteroatoms. The van der Waals surface area contributed by atoms with Gasteiger partial charge in [0.25, 0.3) is 0 Å². The highest BCUT2D eigenvalue weighted by molar-refractivity contribution is 5.17. The molecule has 0 aliphatic carbocycles. The molecule has 0 aromatic carbocycles. The standard InChI is InChI=1S/C14H19N3O2/c1-2-17-11-13(10-16-17)9-15-6-4-7-18-12-14-5-3-8-19-14/h2-3,5,8,10-11,15H,1,4,6-7,9,12H2. The molecule has 0 bridgehead atoms. The summed E-state index contributed by atoms with van der Waals surface area (Å²) in [5, 5.41) is 7.46. The molecule has 0 aliphatic heterocycles. The second kappa shape index (κ2) is 7.56. The zero-order valence-corrected chi connectivity index (χ0v) is 10.9. The third-order valence-corrected chi connectivity index (χ3v) is 2.64. The maximum absolute atomic E-state index is 5.49. The monoisotopic (exact) mass is 261 g/mol. The molecular formula is C14H19N3O2. The lowest BCUT2D eigenvalue weighted by atomic mass is 10.3. The number of aromatic nitrogens is 2. The Labute approximate surface area is 112 Å². The molecule has 0 radical (unpaired) electrons. The van der Waals surface area contributed by atoms with Gasteiger partial charge >= 0.3 is 0 Å². The molecule has 2 rings (SSSR count). The minimum absolute atomic E-state index is 0.541. The zero-order chi connectivity index (χ0) is 13.3. The summed E-state index contributed by atoms with van der Waals surface area (Å²) < 4.78 is 12.4. The topological polar surface area (TPSA) is 52.2 Å². The number of furan rings is 1. The molecule has 0 saturated heterocycles. The zero-order valence-electron chi connectivity index (χ0n) is 10.9. The maximum Gasteiger partial charge on any atom is 0.129 e. The summed E-state index contributed by atoms with van der Waals surface area (Å²) in [6.07, 6.45) is 8.08. The molecule has 2 aromatic heterocycles. The quantitative estimate of drug-likeness (QED) is 0.704. The van der Waals surface area contributed by atoms with Gasteiger partial charge in [0.15, 0.2) is 0 Å². The molecule has 2 heterocycles. The fourth-order valence-electron chi connectivity index (χ4n) is 1.67. The van der Waals surface area contributed by atoms with Crippen molar-refractivity contribution in [2.75, 3.05) is 13.2 Å². The molecular weight excluding hydrogens is 242 g/mol. The molecule has 0 fully saturated rings. The molecule has 0 spiro atoms. The van der Waals surface area contributed by atoms with Gasteiger partial charge in [-0.25, -0.2) is 4.68 Å². The Bertz CT molecular complexity index is 477. The average Bonchev–Trinajstić information content (AvgIpc) is 3.08. The number of hydrogen-bond donors (Lipinski definition) is 1. The predicted molar refractivity (Wildman–Crippen MR) is 73.3 cm³/mol. The minimum atomic E-state index is 0.541. The molecule has 19 heavy (non-hydrogen) atoms. The van der Waals surface area contributed by atoms with E-state index in [0.717, 1.165) is 37.4 Å². The van der Waals surface area contributed by atoms with Gasteiger partial charge in [0.1, 0.15) is 12.4 Å². The molecule has 0 saturated carbocycles. The third kappa shape index (κ3) is 4.73. The van der Waals surface area contributed by atoms with Crippen molar-refractivity contribution in [1.82, 2.24) is 15.1 Å². The van der Waals surface area contributed by atoms with Crippen LogP contribution in [0.1, 0.15) is 17.7 Å². The smallest absolute Gasteiger partial charge is 0.129 e. The van der Waals surface area contributed by atoms with Crippen molar-refractivity contribution in [3.63, 3.8) is 0 Å². The first-order valence-corrected chi connectivity index (χ1v) is 6.35. The van der Waals surface area contributed by atoms with Crippen LogP contribution in [0.4, 0.5) is 0 Å². The van der Waals surface area contributed by atoms with Gasteiger partial charge in [0.05, 0.1) is 12.5 Å². The Kier molecular flexibility index (Phi) is 5.40. The number of rotatable bonds is 9. The van der Waals surface area contributed by atoms with Gasteiger partial charge in [-0.2, -0.15) is 5.10 Å². The average molecular weight is 261 g/mol. The highest BCUT2D eigenvalue weighted by Crippen LogP contribution is 2.02. The van der Waals surface area contributed by atoms with E-state index in [1.54, 1.807) is 17.1 Å². The van der Waals surface area contributed by atoms with Crippen molar-refractivity contribution in [3.05, 3.63) is 48.7 Å². The Balaban J connectivity index is 1.49. The molecule has 0 atom stereocenters. The fraction of sp³-hybridized carbons (Fsp3) is 0.357. The Morgan fingerprint density at radius 1 is 1.53 bits per heavy atom. The first kappa shape index (κ1) is 13.6. The van der Waals surface area contributed by atoms with Crippen molar-refractivity contribution >= 4 is 6.20 Å². The van der Waals surface area contributed by atoms with Crippen LogP contribution in [0.2, 0.25) is 0 Å². The lowest BCUT2D eigenvalue weighted by Gasteiger charge is -2.03. The van der Waals surface area contributed by atoms with Crippen LogP contribution in [0.3, 0.4) is 0 Å². The van der Waals surface area contributed by atoms with Crippen LogP contribution in [0.15, 0.2) is 41.8 Å². The van der Waals surface area contributed by atoms with E-state index in [0.29, 0.717) is 6.61 Å². The number of ether oxygens (including phenoxy) is 1. The normalized spacial score (nSPS) is 10.7. The summed E-state index contributed by atoms with van der Waals surface area (Å²) in [6, 6.07) is 3.78. The van der Waals surface area contributed by atoms with E-state index in [1.807, 2.05) is 24.5 Å². The molecule has 1 N–H and O–H groups in total. The van der Waals surface area contributed by atoms with E-state index in [-0.39, 0.29) is 0 Å². The number of hydrogen-bond acceptors (Lipinski definition) is 4. The molecule has 5 nitrogen and oxygen atoms in total. The molecule has 2 aromatic rings. The van der Waals surface area contributed by atoms with E-state index in [4.69, 9.17) is 9.15 Å². The van der Waals surface area contributed by atoms with Crippen LogP contribution in [-0.2, 0) is 17.9 Å². The largest absolute Gasteiger partial charge is 0.467 e. The van der Waals surface area contributed by atoms with Crippen LogP contribution >= 0.6 is 0 Å². The molecule has 0 unspecified atom stereocenters. The van der Waals surface area contributed by atoms with Gasteiger partial charge in [0, 0.05) is 31.1 Å². The molecule has 0 amide bonds. The lowest BCUT2D eigenvalue weighted by Crippen LogP contribution is -2.16. The molecule has 0 aliphatic rings. The minimum Gasteiger partial charge on any atom is -0.467 e. The SMILES string of the molecule is C=Cn1cc(CNCCCOCc2ccco2)cn1. The van der Waals surface area contributed by atoms with Crippen LogP contribution < -0.4 is 5.32 Å². The van der Waals surface area contributed by atoms with E-state index in [1.165, 1.54) is 0 Å². The number of nitrogens with one attached hydrogen (secondary N) is 1. The highest BCUT2D eigenvalue weighted by Gasteiger charge is 1.97. The van der Waals surface area contributed by atoms with Crippen molar-refractivity contribution < 1.29 is 9.15 Å². The van der Waals surface area contributed by atoms with Gasteiger partial charge in [-0.1, -0.05) is 6.58 Å². The second-order valence-electron chi connectivity index (χ2n) is 4.17. The Morgan fingerprint density at radius 3 is 3.21 bits per heavy atom. The maximum atomic E-state index is 5.49. The molecule has 102 valence electrons. The highest BCUT2D eigenvalue weighted by atomic mass is 16.5. The Hall–Kier alpha value is -1.85. The fourth-order valence-corrected chi connectivity index (χ4v) is 1.67. The van der Waals surface area contributed by atoms with Crippen molar-refractivity contribution in [1.29, 1.82) is 0 Å². The van der Waals surface area contributed by atoms with Crippen LogP contribution in [0.5, 0.6) is 0 Å². The lowest BCUT2D eigenvalue weighted by molar-refractivity contribution is 0.104. The van der Waals surface area contributed by atoms with Gasteiger partial charge in [-0.15, -0.1) is 0 Å². The van der Waals surface area contributed by atoms with Crippen LogP contribution in [0.25, 0.3) is 6.20 Å². The van der Waals surface area contributed by atoms with Gasteiger partial charge in [0.2, 0.25) is 0 Å². The van der Waals surface area contributed by atoms with Crippen molar-refractivity contribution in [3.8, 4) is 0 Å². The summed E-state index contributed by atoms with van der Waals surface area (Å²) in [6.45, 7) is 6.64. The van der Waals surface area contributed by atoms with Gasteiger partial charge < -0.3 is 14.5 Å². The van der Waals surface area contributed by atoms with E-state index < -0.39 is 0 Å². The summed E-state index contributed by atoms with van der Waals surface area (Å²) in [7, 11) is 0. The van der Waals surface area contributed by atoms with Crippen molar-refractivity contribution in [2.45, 2.75) is 19.6 Å². The van der Waals surface area contributed by atoms with Crippen LogP contribution in [0, 0.1) is 0 Å². The Morgan fingerprint density at radius 2 is 2.47 bits per heavy atom. The predicted octanol–water partition coefficient (Wildman–Crippen LogP) is 2.27. The summed E-state index contributed by atoms with van der Waals surface area (Å²) >= 11 is 0. The van der Waals surface area contributed by atoms with Crippen molar-refractivity contribution in [2.24, 2.45) is 0 Å². The second-order valence-corrected chi connectivity index (χ2v) is 4.17. The first-order valence-electron chi connectivity index (χ1n) is 6.35. The third-order valence-electron chi connectivity index (χ3n) is 2.64. The van der Waals surface area contributed by atoms with Gasteiger partial charge in [-0.05, 0) is 25.1 Å². The summed E-state index contributed by atoms with van der Waals surface area (Å²) in [5.74, 6) is 0.866. The van der Waals surface area contributed by atoms with Crippen LogP contribution in [-0.4, -0.2) is 22.9 Å². The first-order chi connectivity index (χ1) is 9.38. The summed E-state index contributed by atoms with van der Waals surface area (Å²) in [5.41, 5.74) is 1.15. The van der Waals surface area contributed by atoms with E-state index in [9.17, 15) is 0 Å². The summed E-state index contributed by atoms with van der Waals surface area (Å²) in [4.78, 5) is 0. The van der Waals surface area contributed by atoms with Gasteiger partial charge in [-0.3, -0.25) is 0 Å². The van der Waals surface area contributed by atoms with E-state index >= 15 is 0 Å².